The van der Waals surface area contributed by atoms with Gasteiger partial charge >= 0.3 is 0 Å². The third kappa shape index (κ3) is 1.57. The number of ether oxygens (including phenoxy) is 1. The summed E-state index contributed by atoms with van der Waals surface area (Å²) in [5.74, 6) is 0. The van der Waals surface area contributed by atoms with Crippen LogP contribution in [0.15, 0.2) is 34.6 Å². The van der Waals surface area contributed by atoms with Crippen LogP contribution in [0.4, 0.5) is 5.69 Å². The lowest BCUT2D eigenvalue weighted by Gasteiger charge is -2.06. The summed E-state index contributed by atoms with van der Waals surface area (Å²) < 4.78 is 6.60. The molecular weight excluding hydrogens is 208 g/mol. The SMILES string of the molecule is c1cc(NC2=NCCO2)c2ccsc2c1. The highest BCUT2D eigenvalue weighted by Gasteiger charge is 2.09. The van der Waals surface area contributed by atoms with Gasteiger partial charge in [0.15, 0.2) is 0 Å². The van der Waals surface area contributed by atoms with Gasteiger partial charge in [0.05, 0.1) is 12.2 Å². The Bertz CT molecular complexity index is 518. The number of nitrogens with one attached hydrogen (secondary N) is 1. The number of nitrogens with zero attached hydrogens (tertiary/aromatic N) is 1. The standard InChI is InChI=1S/C11H10N2OS/c1-2-9(13-11-12-5-6-14-11)8-4-7-15-10(8)3-1/h1-4,7H,5-6H2,(H,12,13). The first kappa shape index (κ1) is 8.73. The fourth-order valence-corrected chi connectivity index (χ4v) is 2.44. The van der Waals surface area contributed by atoms with E-state index < -0.39 is 0 Å². The number of hydrogen-bond donors (Lipinski definition) is 1. The Hall–Kier alpha value is -1.55. The van der Waals surface area contributed by atoms with E-state index in [1.165, 1.54) is 10.1 Å². The maximum Gasteiger partial charge on any atom is 0.289 e. The number of fused-ring (bicyclic) bond motifs is 1. The van der Waals surface area contributed by atoms with Crippen LogP contribution >= 0.6 is 11.3 Å². The molecule has 4 heteroatoms. The maximum atomic E-state index is 5.32. The van der Waals surface area contributed by atoms with Crippen LogP contribution < -0.4 is 5.32 Å². The average Bonchev–Trinajstić information content (AvgIpc) is 2.87. The van der Waals surface area contributed by atoms with Gasteiger partial charge in [-0.25, -0.2) is 4.99 Å². The zero-order valence-corrected chi connectivity index (χ0v) is 8.88. The minimum absolute atomic E-state index is 0.633. The van der Waals surface area contributed by atoms with Crippen molar-refractivity contribution in [3.8, 4) is 0 Å². The van der Waals surface area contributed by atoms with Gasteiger partial charge in [-0.1, -0.05) is 6.07 Å². The van der Waals surface area contributed by atoms with Crippen LogP contribution in [0.5, 0.6) is 0 Å². The van der Waals surface area contributed by atoms with Crippen molar-refractivity contribution in [2.75, 3.05) is 18.5 Å². The molecule has 0 bridgehead atoms. The van der Waals surface area contributed by atoms with Crippen LogP contribution in [-0.2, 0) is 4.74 Å². The summed E-state index contributed by atoms with van der Waals surface area (Å²) in [6.07, 6.45) is 0. The molecule has 0 spiro atoms. The first-order valence-corrected chi connectivity index (χ1v) is 5.72. The first-order chi connectivity index (χ1) is 7.43. The highest BCUT2D eigenvalue weighted by Crippen LogP contribution is 2.27. The second-order valence-electron chi connectivity index (χ2n) is 3.30. The number of amidine groups is 1. The van der Waals surface area contributed by atoms with Crippen LogP contribution in [0.3, 0.4) is 0 Å². The molecule has 0 radical (unpaired) electrons. The Morgan fingerprint density at radius 2 is 2.33 bits per heavy atom. The molecule has 1 aromatic heterocycles. The lowest BCUT2D eigenvalue weighted by molar-refractivity contribution is 0.346. The predicted octanol–water partition coefficient (Wildman–Crippen LogP) is 2.70. The van der Waals surface area contributed by atoms with Crippen LogP contribution in [0.2, 0.25) is 0 Å². The predicted molar refractivity (Wildman–Crippen MR) is 63.7 cm³/mol. The Balaban J connectivity index is 1.99. The van der Waals surface area contributed by atoms with Crippen LogP contribution in [0.25, 0.3) is 10.1 Å². The van der Waals surface area contributed by atoms with Crippen molar-refractivity contribution in [3.05, 3.63) is 29.6 Å². The summed E-state index contributed by atoms with van der Waals surface area (Å²) in [7, 11) is 0. The van der Waals surface area contributed by atoms with Gasteiger partial charge in [-0.05, 0) is 23.6 Å². The van der Waals surface area contributed by atoms with Crippen LogP contribution in [0.1, 0.15) is 0 Å². The van der Waals surface area contributed by atoms with Crippen molar-refractivity contribution in [2.24, 2.45) is 4.99 Å². The Labute approximate surface area is 91.4 Å². The van der Waals surface area contributed by atoms with E-state index in [1.807, 2.05) is 12.1 Å². The molecule has 0 atom stereocenters. The molecule has 2 aromatic rings. The number of thiophene rings is 1. The molecule has 1 aliphatic heterocycles. The van der Waals surface area contributed by atoms with E-state index in [1.54, 1.807) is 11.3 Å². The van der Waals surface area contributed by atoms with E-state index in [0.717, 1.165) is 12.2 Å². The second kappa shape index (κ2) is 3.55. The summed E-state index contributed by atoms with van der Waals surface area (Å²) in [6.45, 7) is 1.43. The monoisotopic (exact) mass is 218 g/mol. The smallest absolute Gasteiger partial charge is 0.289 e. The first-order valence-electron chi connectivity index (χ1n) is 4.84. The third-order valence-electron chi connectivity index (χ3n) is 2.32. The largest absolute Gasteiger partial charge is 0.463 e. The van der Waals surface area contributed by atoms with E-state index >= 15 is 0 Å². The van der Waals surface area contributed by atoms with E-state index in [9.17, 15) is 0 Å². The molecule has 1 aromatic carbocycles. The Morgan fingerprint density at radius 1 is 1.33 bits per heavy atom. The van der Waals surface area contributed by atoms with Crippen molar-refractivity contribution >= 4 is 33.1 Å². The molecule has 1 aliphatic rings. The van der Waals surface area contributed by atoms with Gasteiger partial charge in [0.1, 0.15) is 6.61 Å². The van der Waals surface area contributed by atoms with Gasteiger partial charge in [-0.2, -0.15) is 0 Å². The molecule has 1 N–H and O–H groups in total. The molecule has 3 nitrogen and oxygen atoms in total. The molecule has 0 unspecified atom stereocenters. The molecule has 0 aliphatic carbocycles. The van der Waals surface area contributed by atoms with E-state index in [2.05, 4.69) is 27.8 Å². The molecule has 0 fully saturated rings. The summed E-state index contributed by atoms with van der Waals surface area (Å²) in [5.41, 5.74) is 1.06. The van der Waals surface area contributed by atoms with Gasteiger partial charge < -0.3 is 10.1 Å². The topological polar surface area (TPSA) is 33.6 Å². The Morgan fingerprint density at radius 3 is 3.20 bits per heavy atom. The number of rotatable bonds is 1. The van der Waals surface area contributed by atoms with Gasteiger partial charge in [-0.15, -0.1) is 11.3 Å². The normalized spacial score (nSPS) is 15.1. The van der Waals surface area contributed by atoms with Crippen molar-refractivity contribution in [1.82, 2.24) is 0 Å². The number of benzene rings is 1. The summed E-state index contributed by atoms with van der Waals surface area (Å²) in [5, 5.41) is 6.52. The van der Waals surface area contributed by atoms with Crippen molar-refractivity contribution in [2.45, 2.75) is 0 Å². The zero-order valence-electron chi connectivity index (χ0n) is 8.06. The van der Waals surface area contributed by atoms with Crippen molar-refractivity contribution in [1.29, 1.82) is 0 Å². The molecular formula is C11H10N2OS. The fraction of sp³-hybridized carbons (Fsp3) is 0.182. The van der Waals surface area contributed by atoms with E-state index in [4.69, 9.17) is 4.74 Å². The zero-order chi connectivity index (χ0) is 10.1. The molecule has 0 saturated heterocycles. The van der Waals surface area contributed by atoms with Crippen molar-refractivity contribution in [3.63, 3.8) is 0 Å². The average molecular weight is 218 g/mol. The van der Waals surface area contributed by atoms with E-state index in [-0.39, 0.29) is 0 Å². The quantitative estimate of drug-likeness (QED) is 0.798. The van der Waals surface area contributed by atoms with Crippen LogP contribution in [-0.4, -0.2) is 19.2 Å². The number of aliphatic imine (C=N–C) groups is 1. The molecule has 0 saturated carbocycles. The maximum absolute atomic E-state index is 5.32. The number of anilines is 1. The summed E-state index contributed by atoms with van der Waals surface area (Å²) >= 11 is 1.74. The Kier molecular flexibility index (Phi) is 2.07. The van der Waals surface area contributed by atoms with Gasteiger partial charge in [0.2, 0.25) is 0 Å². The molecule has 0 amide bonds. The van der Waals surface area contributed by atoms with Gasteiger partial charge in [-0.3, -0.25) is 0 Å². The minimum atomic E-state index is 0.633. The second-order valence-corrected chi connectivity index (χ2v) is 4.25. The van der Waals surface area contributed by atoms with E-state index in [0.29, 0.717) is 12.6 Å². The van der Waals surface area contributed by atoms with Crippen molar-refractivity contribution < 1.29 is 4.74 Å². The summed E-state index contributed by atoms with van der Waals surface area (Å²) in [6, 6.07) is 8.93. The lowest BCUT2D eigenvalue weighted by atomic mass is 10.2. The molecule has 76 valence electrons. The molecule has 2 heterocycles. The fourth-order valence-electron chi connectivity index (χ4n) is 1.63. The lowest BCUT2D eigenvalue weighted by Crippen LogP contribution is -2.11. The van der Waals surface area contributed by atoms with Crippen LogP contribution in [0, 0.1) is 0 Å². The van der Waals surface area contributed by atoms with Gasteiger partial charge in [0.25, 0.3) is 6.02 Å². The minimum Gasteiger partial charge on any atom is -0.463 e. The summed E-state index contributed by atoms with van der Waals surface area (Å²) in [4.78, 5) is 4.21. The number of hydrogen-bond acceptors (Lipinski definition) is 4. The molecule has 3 rings (SSSR count). The highest BCUT2D eigenvalue weighted by atomic mass is 32.1. The van der Waals surface area contributed by atoms with Gasteiger partial charge in [0, 0.05) is 10.1 Å². The third-order valence-corrected chi connectivity index (χ3v) is 3.21. The highest BCUT2D eigenvalue weighted by molar-refractivity contribution is 7.17. The molecule has 15 heavy (non-hydrogen) atoms.